The first-order valence-electron chi connectivity index (χ1n) is 13.0. The van der Waals surface area contributed by atoms with Gasteiger partial charge in [0.25, 0.3) is 5.91 Å². The molecule has 2 atom stereocenters. The number of rotatable bonds is 7. The number of amides is 2. The number of nitrogens with zero attached hydrogens (tertiary/aromatic N) is 4. The summed E-state index contributed by atoms with van der Waals surface area (Å²) in [7, 11) is 0. The lowest BCUT2D eigenvalue weighted by Crippen LogP contribution is -2.74. The number of fused-ring (bicyclic) bond motifs is 2. The zero-order chi connectivity index (χ0) is 26.1. The van der Waals surface area contributed by atoms with Crippen LogP contribution in [0.2, 0.25) is 0 Å². The fourth-order valence-electron chi connectivity index (χ4n) is 5.46. The fraction of sp³-hybridized carbons (Fsp3) is 0.310. The molecule has 38 heavy (non-hydrogen) atoms. The molecule has 2 amide bonds. The molecule has 0 saturated carbocycles. The second-order valence-corrected chi connectivity index (χ2v) is 11.8. The quantitative estimate of drug-likeness (QED) is 0.452. The normalized spacial score (nSPS) is 21.3. The Morgan fingerprint density at radius 3 is 2.50 bits per heavy atom. The minimum atomic E-state index is -0.641. The molecular weight excluding hydrogens is 514 g/mol. The van der Waals surface area contributed by atoms with Crippen LogP contribution in [0.25, 0.3) is 0 Å². The summed E-state index contributed by atoms with van der Waals surface area (Å²) in [6, 6.07) is 26.4. The largest absolute Gasteiger partial charge is 0.374 e. The molecule has 196 valence electrons. The summed E-state index contributed by atoms with van der Waals surface area (Å²) in [5.74, 6) is 0.810. The predicted molar refractivity (Wildman–Crippen MR) is 154 cm³/mol. The Labute approximate surface area is 232 Å². The van der Waals surface area contributed by atoms with E-state index in [1.165, 1.54) is 16.7 Å². The van der Waals surface area contributed by atoms with Gasteiger partial charge in [-0.25, -0.2) is 5.01 Å². The second kappa shape index (κ2) is 10.9. The van der Waals surface area contributed by atoms with Crippen molar-refractivity contribution in [3.63, 3.8) is 0 Å². The van der Waals surface area contributed by atoms with E-state index in [2.05, 4.69) is 52.6 Å². The van der Waals surface area contributed by atoms with Gasteiger partial charge in [0.15, 0.2) is 5.37 Å². The van der Waals surface area contributed by atoms with Gasteiger partial charge in [-0.15, -0.1) is 11.8 Å². The monoisotopic (exact) mass is 545 g/mol. The molecule has 0 aromatic heterocycles. The summed E-state index contributed by atoms with van der Waals surface area (Å²) in [5.41, 5.74) is 3.25. The molecule has 2 fully saturated rings. The Morgan fingerprint density at radius 2 is 1.74 bits per heavy atom. The number of piperazine rings is 1. The number of hydrogen-bond acceptors (Lipinski definition) is 7. The highest BCUT2D eigenvalue weighted by Gasteiger charge is 2.50. The summed E-state index contributed by atoms with van der Waals surface area (Å²) in [6.07, 6.45) is 0.622. The first-order valence-corrected chi connectivity index (χ1v) is 14.9. The van der Waals surface area contributed by atoms with Crippen LogP contribution in [0.1, 0.15) is 18.9 Å². The van der Waals surface area contributed by atoms with Crippen LogP contribution in [0.5, 0.6) is 0 Å². The van der Waals surface area contributed by atoms with Gasteiger partial charge in [0.05, 0.1) is 30.3 Å². The van der Waals surface area contributed by atoms with Crippen LogP contribution in [0.3, 0.4) is 0 Å². The van der Waals surface area contributed by atoms with Gasteiger partial charge in [-0.2, -0.15) is 0 Å². The third-order valence-corrected chi connectivity index (χ3v) is 9.25. The molecule has 3 aliphatic heterocycles. The van der Waals surface area contributed by atoms with Crippen LogP contribution >= 0.6 is 23.5 Å². The molecule has 3 heterocycles. The van der Waals surface area contributed by atoms with Crippen molar-refractivity contribution in [2.45, 2.75) is 41.2 Å². The Kier molecular flexibility index (Phi) is 7.23. The number of hydrazine groups is 1. The van der Waals surface area contributed by atoms with Gasteiger partial charge in [0, 0.05) is 22.9 Å². The molecule has 7 nitrogen and oxygen atoms in total. The molecule has 0 radical (unpaired) electrons. The van der Waals surface area contributed by atoms with Crippen molar-refractivity contribution in [1.29, 1.82) is 0 Å². The molecular formula is C29H31N5O2S2. The van der Waals surface area contributed by atoms with Crippen LogP contribution < -0.4 is 10.3 Å². The third-order valence-electron chi connectivity index (χ3n) is 7.12. The zero-order valence-corrected chi connectivity index (χ0v) is 23.0. The van der Waals surface area contributed by atoms with E-state index >= 15 is 0 Å². The van der Waals surface area contributed by atoms with E-state index in [9.17, 15) is 9.59 Å². The highest BCUT2D eigenvalue weighted by molar-refractivity contribution is 8.00. The predicted octanol–water partition coefficient (Wildman–Crippen LogP) is 4.92. The summed E-state index contributed by atoms with van der Waals surface area (Å²) in [4.78, 5) is 33.8. The van der Waals surface area contributed by atoms with Crippen LogP contribution in [0.4, 0.5) is 11.4 Å². The standard InChI is InChI=1S/C29H31N5O2S2/c1-2-16-32-19-26(35)33-25(34(32)22-11-5-3-6-12-22)18-31(17-21-10-9-15-24-27(21)30-20-37-24)28(36)29(33)38-23-13-7-4-8-14-23/h3-15,25,29-30H,2,16-20H2,1H3/t25-,29-/m0/s1. The van der Waals surface area contributed by atoms with Crippen molar-refractivity contribution in [2.75, 3.05) is 35.8 Å². The third kappa shape index (κ3) is 4.74. The zero-order valence-electron chi connectivity index (χ0n) is 21.3. The lowest BCUT2D eigenvalue weighted by atomic mass is 10.1. The van der Waals surface area contributed by atoms with E-state index in [0.29, 0.717) is 13.1 Å². The summed E-state index contributed by atoms with van der Waals surface area (Å²) in [5, 5.41) is 7.23. The van der Waals surface area contributed by atoms with Gasteiger partial charge in [-0.05, 0) is 42.3 Å². The minimum absolute atomic E-state index is 0.00395. The van der Waals surface area contributed by atoms with Gasteiger partial charge in [-0.1, -0.05) is 67.2 Å². The van der Waals surface area contributed by atoms with E-state index in [1.807, 2.05) is 58.3 Å². The number of nitrogens with one attached hydrogen (secondary N) is 1. The molecule has 9 heteroatoms. The van der Waals surface area contributed by atoms with Crippen LogP contribution in [0, 0.1) is 0 Å². The van der Waals surface area contributed by atoms with Gasteiger partial charge >= 0.3 is 0 Å². The molecule has 3 aromatic carbocycles. The average Bonchev–Trinajstić information content (AvgIpc) is 3.42. The Bertz CT molecular complexity index is 1310. The van der Waals surface area contributed by atoms with Crippen molar-refractivity contribution in [3.8, 4) is 0 Å². The molecule has 3 aromatic rings. The number of thioether (sulfide) groups is 2. The summed E-state index contributed by atoms with van der Waals surface area (Å²) < 4.78 is 0. The Morgan fingerprint density at radius 1 is 0.974 bits per heavy atom. The first-order chi connectivity index (χ1) is 18.6. The number of carbonyl (C=O) groups excluding carboxylic acids is 2. The van der Waals surface area contributed by atoms with Crippen molar-refractivity contribution in [1.82, 2.24) is 14.8 Å². The Hall–Kier alpha value is -3.14. The maximum Gasteiger partial charge on any atom is 0.256 e. The number of para-hydroxylation sites is 2. The number of benzene rings is 3. The highest BCUT2D eigenvalue weighted by Crippen LogP contribution is 2.40. The molecule has 1 N–H and O–H groups in total. The highest BCUT2D eigenvalue weighted by atomic mass is 32.2. The van der Waals surface area contributed by atoms with E-state index in [-0.39, 0.29) is 24.5 Å². The molecule has 0 aliphatic carbocycles. The molecule has 6 rings (SSSR count). The fourth-order valence-corrected chi connectivity index (χ4v) is 7.55. The summed E-state index contributed by atoms with van der Waals surface area (Å²) in [6.45, 7) is 4.08. The van der Waals surface area contributed by atoms with Crippen molar-refractivity contribution < 1.29 is 9.59 Å². The maximum atomic E-state index is 14.1. The number of carbonyl (C=O) groups is 2. The second-order valence-electron chi connectivity index (χ2n) is 9.61. The molecule has 0 spiro atoms. The van der Waals surface area contributed by atoms with Gasteiger partial charge in [0.2, 0.25) is 5.91 Å². The van der Waals surface area contributed by atoms with Crippen molar-refractivity contribution in [2.24, 2.45) is 0 Å². The first kappa shape index (κ1) is 25.2. The van der Waals surface area contributed by atoms with Crippen molar-refractivity contribution >= 4 is 46.7 Å². The number of anilines is 2. The lowest BCUT2D eigenvalue weighted by molar-refractivity contribution is -0.158. The van der Waals surface area contributed by atoms with E-state index in [0.717, 1.165) is 40.7 Å². The van der Waals surface area contributed by atoms with Crippen molar-refractivity contribution in [3.05, 3.63) is 84.4 Å². The molecule has 3 aliphatic rings. The summed E-state index contributed by atoms with van der Waals surface area (Å²) >= 11 is 3.25. The minimum Gasteiger partial charge on any atom is -0.374 e. The topological polar surface area (TPSA) is 59.1 Å². The van der Waals surface area contributed by atoms with E-state index in [1.54, 1.807) is 11.8 Å². The van der Waals surface area contributed by atoms with Crippen LogP contribution in [0.15, 0.2) is 88.7 Å². The van der Waals surface area contributed by atoms with Crippen LogP contribution in [-0.2, 0) is 16.1 Å². The smallest absolute Gasteiger partial charge is 0.256 e. The van der Waals surface area contributed by atoms with Crippen LogP contribution in [-0.4, -0.2) is 63.7 Å². The molecule has 0 unspecified atom stereocenters. The maximum absolute atomic E-state index is 14.1. The van der Waals surface area contributed by atoms with Gasteiger partial charge < -0.3 is 10.2 Å². The Balaban J connectivity index is 1.40. The molecule has 2 saturated heterocycles. The van der Waals surface area contributed by atoms with Gasteiger partial charge in [-0.3, -0.25) is 19.5 Å². The van der Waals surface area contributed by atoms with E-state index in [4.69, 9.17) is 0 Å². The average molecular weight is 546 g/mol. The number of hydrogen-bond donors (Lipinski definition) is 1. The van der Waals surface area contributed by atoms with E-state index < -0.39 is 5.37 Å². The molecule has 0 bridgehead atoms. The van der Waals surface area contributed by atoms with Gasteiger partial charge in [0.1, 0.15) is 6.17 Å². The lowest BCUT2D eigenvalue weighted by Gasteiger charge is -2.56. The SMILES string of the molecule is CCCN1CC(=O)N2[C@@H](Sc3ccccc3)C(=O)N(Cc3cccc4c3NCS4)C[C@@H]2N1c1ccccc1.